The molecule has 8 nitrogen and oxygen atoms in total. The summed E-state index contributed by atoms with van der Waals surface area (Å²) in [6, 6.07) is 15.8. The van der Waals surface area contributed by atoms with Gasteiger partial charge in [-0.3, -0.25) is 9.59 Å². The zero-order valence-electron chi connectivity index (χ0n) is 32.8. The standard InChI is InChI=1S/2C22H32O4/c2*1-14(2)17-11-12-22(3)19(10-9-18(23)20(22)21(17)24)26-13-15-5-7-16(25-4)8-6-15/h2*5-8,14,17,19-21,24H,9-13H2,1-4H3/t2*17-,19-,20+,21-,22+/m10/s1. The van der Waals surface area contributed by atoms with E-state index in [1.165, 1.54) is 0 Å². The second-order valence-corrected chi connectivity index (χ2v) is 17.1. The number of carbonyl (C=O) groups excluding carboxylic acids is 2. The Bertz CT molecular complexity index is 1360. The van der Waals surface area contributed by atoms with Crippen molar-refractivity contribution in [2.24, 2.45) is 46.3 Å². The molecule has 4 saturated carbocycles. The number of hydrogen-bond acceptors (Lipinski definition) is 8. The van der Waals surface area contributed by atoms with Crippen molar-refractivity contribution in [2.45, 2.75) is 131 Å². The van der Waals surface area contributed by atoms with Crippen molar-refractivity contribution in [3.63, 3.8) is 0 Å². The van der Waals surface area contributed by atoms with Gasteiger partial charge in [0.15, 0.2) is 0 Å². The summed E-state index contributed by atoms with van der Waals surface area (Å²) in [6.45, 7) is 13.9. The molecule has 0 saturated heterocycles. The third-order valence-electron chi connectivity index (χ3n) is 13.4. The van der Waals surface area contributed by atoms with Gasteiger partial charge >= 0.3 is 0 Å². The molecule has 52 heavy (non-hydrogen) atoms. The molecular weight excluding hydrogens is 656 g/mol. The highest BCUT2D eigenvalue weighted by Crippen LogP contribution is 2.54. The quantitative estimate of drug-likeness (QED) is 0.254. The van der Waals surface area contributed by atoms with Crippen LogP contribution in [0.5, 0.6) is 11.5 Å². The molecule has 0 heterocycles. The fourth-order valence-corrected chi connectivity index (χ4v) is 10.1. The minimum Gasteiger partial charge on any atom is -0.497 e. The highest BCUT2D eigenvalue weighted by atomic mass is 16.5. The van der Waals surface area contributed by atoms with Crippen LogP contribution in [0.15, 0.2) is 48.5 Å². The monoisotopic (exact) mass is 720 g/mol. The van der Waals surface area contributed by atoms with Gasteiger partial charge in [0.1, 0.15) is 23.1 Å². The average Bonchev–Trinajstić information content (AvgIpc) is 3.11. The molecule has 0 radical (unpaired) electrons. The normalized spacial score (nSPS) is 34.6. The number of Topliss-reactive ketones (excluding diaryl/α,β-unsaturated/α-hetero) is 2. The van der Waals surface area contributed by atoms with Crippen LogP contribution in [0.2, 0.25) is 0 Å². The van der Waals surface area contributed by atoms with Crippen molar-refractivity contribution >= 4 is 11.6 Å². The molecule has 4 aliphatic rings. The van der Waals surface area contributed by atoms with Gasteiger partial charge < -0.3 is 29.2 Å². The number of aliphatic hydroxyl groups is 2. The maximum Gasteiger partial charge on any atom is 0.139 e. The minimum absolute atomic E-state index is 0.00932. The van der Waals surface area contributed by atoms with Gasteiger partial charge in [-0.2, -0.15) is 0 Å². The molecular formula is C44H64O8. The lowest BCUT2D eigenvalue weighted by Gasteiger charge is -2.53. The lowest BCUT2D eigenvalue weighted by molar-refractivity contribution is -0.176. The number of ether oxygens (including phenoxy) is 4. The Morgan fingerprint density at radius 2 is 0.962 bits per heavy atom. The molecule has 288 valence electrons. The van der Waals surface area contributed by atoms with Crippen LogP contribution >= 0.6 is 0 Å². The molecule has 2 N–H and O–H groups in total. The van der Waals surface area contributed by atoms with E-state index < -0.39 is 12.2 Å². The smallest absolute Gasteiger partial charge is 0.139 e. The molecule has 0 aliphatic heterocycles. The third kappa shape index (κ3) is 8.46. The maximum absolute atomic E-state index is 12.7. The van der Waals surface area contributed by atoms with Crippen molar-refractivity contribution in [1.29, 1.82) is 0 Å². The van der Waals surface area contributed by atoms with E-state index >= 15 is 0 Å². The summed E-state index contributed by atoms with van der Waals surface area (Å²) in [7, 11) is 3.31. The van der Waals surface area contributed by atoms with E-state index in [-0.39, 0.29) is 58.3 Å². The largest absolute Gasteiger partial charge is 0.497 e. The number of carbonyl (C=O) groups is 2. The first-order valence-electron chi connectivity index (χ1n) is 19.6. The topological polar surface area (TPSA) is 112 Å². The van der Waals surface area contributed by atoms with Gasteiger partial charge in [-0.1, -0.05) is 65.8 Å². The van der Waals surface area contributed by atoms with Crippen molar-refractivity contribution in [3.8, 4) is 11.5 Å². The molecule has 2 aromatic carbocycles. The fraction of sp³-hybridized carbons (Fsp3) is 0.682. The van der Waals surface area contributed by atoms with Crippen LogP contribution in [0.4, 0.5) is 0 Å². The summed E-state index contributed by atoms with van der Waals surface area (Å²) in [6.07, 6.45) is 5.25. The summed E-state index contributed by atoms with van der Waals surface area (Å²) in [5, 5.41) is 21.9. The summed E-state index contributed by atoms with van der Waals surface area (Å²) in [4.78, 5) is 25.3. The number of aliphatic hydroxyl groups excluding tert-OH is 2. The van der Waals surface area contributed by atoms with Crippen LogP contribution in [0.3, 0.4) is 0 Å². The zero-order chi connectivity index (χ0) is 37.8. The van der Waals surface area contributed by atoms with Crippen molar-refractivity contribution in [2.75, 3.05) is 14.2 Å². The molecule has 2 aromatic rings. The fourth-order valence-electron chi connectivity index (χ4n) is 10.1. The first-order chi connectivity index (χ1) is 24.7. The highest BCUT2D eigenvalue weighted by molar-refractivity contribution is 5.84. The lowest BCUT2D eigenvalue weighted by Crippen LogP contribution is -2.58. The highest BCUT2D eigenvalue weighted by Gasteiger charge is 2.57. The number of fused-ring (bicyclic) bond motifs is 2. The van der Waals surface area contributed by atoms with Crippen LogP contribution < -0.4 is 9.47 Å². The number of benzene rings is 2. The average molecular weight is 721 g/mol. The van der Waals surface area contributed by atoms with Gasteiger partial charge in [-0.25, -0.2) is 0 Å². The van der Waals surface area contributed by atoms with Gasteiger partial charge in [-0.15, -0.1) is 0 Å². The first-order valence-corrected chi connectivity index (χ1v) is 19.6. The van der Waals surface area contributed by atoms with E-state index in [1.807, 2.05) is 48.5 Å². The Morgan fingerprint density at radius 3 is 1.27 bits per heavy atom. The SMILES string of the molecule is COc1ccc(CO[C@@H]2CCC(=O)[C@H]3[C@H](O)[C@@H](C(C)C)CC[C@@]23C)cc1.COc1ccc(CO[C@H]2CCC(=O)[C@@H]3[C@@H](O)[C@H](C(C)C)CC[C@]23C)cc1. The molecule has 4 aliphatic carbocycles. The van der Waals surface area contributed by atoms with Crippen LogP contribution in [-0.2, 0) is 32.3 Å². The molecule has 0 spiro atoms. The van der Waals surface area contributed by atoms with E-state index in [1.54, 1.807) is 14.2 Å². The Balaban J connectivity index is 0.000000201. The molecule has 0 aromatic heterocycles. The second-order valence-electron chi connectivity index (χ2n) is 17.1. The van der Waals surface area contributed by atoms with Crippen LogP contribution in [0.25, 0.3) is 0 Å². The van der Waals surface area contributed by atoms with E-state index in [9.17, 15) is 19.8 Å². The lowest BCUT2D eigenvalue weighted by atomic mass is 9.54. The summed E-state index contributed by atoms with van der Waals surface area (Å²) in [5.74, 6) is 2.71. The predicted octanol–water partition coefficient (Wildman–Crippen LogP) is 7.99. The molecule has 4 fully saturated rings. The summed E-state index contributed by atoms with van der Waals surface area (Å²) in [5.41, 5.74) is 1.65. The second kappa shape index (κ2) is 17.1. The Morgan fingerprint density at radius 1 is 0.615 bits per heavy atom. The van der Waals surface area contributed by atoms with Crippen LogP contribution in [-0.4, -0.2) is 60.4 Å². The van der Waals surface area contributed by atoms with Crippen molar-refractivity contribution < 1.29 is 38.7 Å². The molecule has 0 bridgehead atoms. The van der Waals surface area contributed by atoms with E-state index in [4.69, 9.17) is 18.9 Å². The van der Waals surface area contributed by atoms with Gasteiger partial charge in [0, 0.05) is 23.7 Å². The number of methoxy groups -OCH3 is 2. The van der Waals surface area contributed by atoms with Crippen molar-refractivity contribution in [3.05, 3.63) is 59.7 Å². The third-order valence-corrected chi connectivity index (χ3v) is 13.4. The Labute approximate surface area is 312 Å². The molecule has 8 heteroatoms. The molecule has 0 amide bonds. The first kappa shape index (κ1) is 40.4. The Kier molecular flexibility index (Phi) is 13.3. The van der Waals surface area contributed by atoms with E-state index in [2.05, 4.69) is 41.5 Å². The minimum atomic E-state index is -0.548. The zero-order valence-corrected chi connectivity index (χ0v) is 32.8. The Hall–Kier alpha value is -2.78. The van der Waals surface area contributed by atoms with E-state index in [0.717, 1.165) is 61.2 Å². The number of hydrogen-bond donors (Lipinski definition) is 2. The van der Waals surface area contributed by atoms with Gasteiger partial charge in [0.05, 0.1) is 63.7 Å². The molecule has 0 unspecified atom stereocenters. The summed E-state index contributed by atoms with van der Waals surface area (Å²) < 4.78 is 23.0. The van der Waals surface area contributed by atoms with Gasteiger partial charge in [0.25, 0.3) is 0 Å². The van der Waals surface area contributed by atoms with E-state index in [0.29, 0.717) is 37.9 Å². The summed E-state index contributed by atoms with van der Waals surface area (Å²) >= 11 is 0. The van der Waals surface area contributed by atoms with Gasteiger partial charge in [-0.05, 0) is 97.6 Å². The predicted molar refractivity (Wildman–Crippen MR) is 202 cm³/mol. The van der Waals surface area contributed by atoms with Gasteiger partial charge in [0.2, 0.25) is 0 Å². The van der Waals surface area contributed by atoms with Crippen molar-refractivity contribution in [1.82, 2.24) is 0 Å². The number of rotatable bonds is 10. The van der Waals surface area contributed by atoms with Crippen LogP contribution in [0.1, 0.15) is 104 Å². The molecule has 6 rings (SSSR count). The number of ketones is 2. The molecule has 10 atom stereocenters. The van der Waals surface area contributed by atoms with Crippen LogP contribution in [0, 0.1) is 46.3 Å². The maximum atomic E-state index is 12.7.